The number of nitrogen functional groups attached to an aromatic ring is 1. The van der Waals surface area contributed by atoms with Crippen molar-refractivity contribution in [3.8, 4) is 0 Å². The lowest BCUT2D eigenvalue weighted by atomic mass is 10.2. The van der Waals surface area contributed by atoms with Gasteiger partial charge < -0.3 is 5.73 Å². The van der Waals surface area contributed by atoms with Crippen LogP contribution in [-0.2, 0) is 6.54 Å². The lowest BCUT2D eigenvalue weighted by Gasteiger charge is -2.08. The number of aromatic amines is 1. The van der Waals surface area contributed by atoms with E-state index in [1.54, 1.807) is 18.2 Å². The number of benzene rings is 1. The number of nitrogens with one attached hydrogen (secondary N) is 1. The third kappa shape index (κ3) is 2.57. The van der Waals surface area contributed by atoms with Gasteiger partial charge in [0.2, 0.25) is 0 Å². The van der Waals surface area contributed by atoms with E-state index in [1.165, 1.54) is 10.8 Å². The zero-order valence-electron chi connectivity index (χ0n) is 9.11. The Morgan fingerprint density at radius 2 is 2.00 bits per heavy atom. The molecule has 3 N–H and O–H groups in total. The molecule has 18 heavy (non-hydrogen) atoms. The normalized spacial score (nSPS) is 10.6. The summed E-state index contributed by atoms with van der Waals surface area (Å²) < 4.78 is 1.27. The van der Waals surface area contributed by atoms with E-state index in [-0.39, 0.29) is 11.6 Å². The fourth-order valence-corrected chi connectivity index (χ4v) is 1.84. The van der Waals surface area contributed by atoms with Crippen LogP contribution in [0.5, 0.6) is 0 Å². The third-order valence-corrected chi connectivity index (χ3v) is 2.92. The Kier molecular flexibility index (Phi) is 3.45. The predicted octanol–water partition coefficient (Wildman–Crippen LogP) is 1.47. The standard InChI is InChI=1S/C11H9Cl2N3O2/c12-7-2-1-6(9(14)3-7)4-16-5-8(13)10(17)15-11(16)18/h1-3,5H,4,14H2,(H,15,17,18). The molecule has 0 aliphatic heterocycles. The van der Waals surface area contributed by atoms with Gasteiger partial charge in [-0.05, 0) is 17.7 Å². The molecular weight excluding hydrogens is 277 g/mol. The average molecular weight is 286 g/mol. The minimum atomic E-state index is -0.609. The lowest BCUT2D eigenvalue weighted by Crippen LogP contribution is -2.30. The Hall–Kier alpha value is -1.72. The van der Waals surface area contributed by atoms with E-state index in [1.807, 2.05) is 0 Å². The first kappa shape index (κ1) is 12.7. The van der Waals surface area contributed by atoms with Crippen molar-refractivity contribution in [1.29, 1.82) is 0 Å². The number of hydrogen-bond acceptors (Lipinski definition) is 3. The second-order valence-corrected chi connectivity index (χ2v) is 4.55. The van der Waals surface area contributed by atoms with Gasteiger partial charge >= 0.3 is 5.69 Å². The maximum atomic E-state index is 11.6. The molecule has 1 aromatic heterocycles. The number of halogens is 2. The lowest BCUT2D eigenvalue weighted by molar-refractivity contribution is 0.722. The van der Waals surface area contributed by atoms with Crippen LogP contribution in [0.4, 0.5) is 5.69 Å². The number of nitrogens with two attached hydrogens (primary N) is 1. The molecule has 0 aliphatic rings. The largest absolute Gasteiger partial charge is 0.398 e. The van der Waals surface area contributed by atoms with Crippen LogP contribution in [0.25, 0.3) is 0 Å². The van der Waals surface area contributed by atoms with Gasteiger partial charge in [-0.1, -0.05) is 29.3 Å². The van der Waals surface area contributed by atoms with E-state index >= 15 is 0 Å². The maximum Gasteiger partial charge on any atom is 0.328 e. The molecule has 0 aliphatic carbocycles. The van der Waals surface area contributed by atoms with E-state index < -0.39 is 11.2 Å². The number of anilines is 1. The van der Waals surface area contributed by atoms with Gasteiger partial charge in [0.25, 0.3) is 5.56 Å². The summed E-state index contributed by atoms with van der Waals surface area (Å²) in [6, 6.07) is 4.98. The summed E-state index contributed by atoms with van der Waals surface area (Å²) in [4.78, 5) is 24.8. The minimum Gasteiger partial charge on any atom is -0.398 e. The van der Waals surface area contributed by atoms with Crippen molar-refractivity contribution in [3.05, 3.63) is 60.8 Å². The van der Waals surface area contributed by atoms with Crippen molar-refractivity contribution in [3.63, 3.8) is 0 Å². The second kappa shape index (κ2) is 4.88. The van der Waals surface area contributed by atoms with Gasteiger partial charge in [0.05, 0.1) is 6.54 Å². The number of hydrogen-bond donors (Lipinski definition) is 2. The first-order valence-corrected chi connectivity index (χ1v) is 5.76. The van der Waals surface area contributed by atoms with E-state index in [2.05, 4.69) is 4.98 Å². The van der Waals surface area contributed by atoms with Crippen molar-refractivity contribution in [2.24, 2.45) is 0 Å². The molecule has 0 saturated carbocycles. The van der Waals surface area contributed by atoms with Crippen LogP contribution < -0.4 is 17.0 Å². The zero-order valence-corrected chi connectivity index (χ0v) is 10.6. The summed E-state index contributed by atoms with van der Waals surface area (Å²) in [6.45, 7) is 0.207. The van der Waals surface area contributed by atoms with Gasteiger partial charge in [-0.2, -0.15) is 0 Å². The highest BCUT2D eigenvalue weighted by Gasteiger charge is 2.05. The molecule has 0 saturated heterocycles. The molecule has 0 bridgehead atoms. The molecule has 0 amide bonds. The molecule has 2 rings (SSSR count). The highest BCUT2D eigenvalue weighted by atomic mass is 35.5. The average Bonchev–Trinajstić information content (AvgIpc) is 2.29. The SMILES string of the molecule is Nc1cc(Cl)ccc1Cn1cc(Cl)c(=O)[nH]c1=O. The molecule has 7 heteroatoms. The second-order valence-electron chi connectivity index (χ2n) is 3.71. The van der Waals surface area contributed by atoms with Crippen LogP contribution in [0.2, 0.25) is 10.0 Å². The summed E-state index contributed by atoms with van der Waals surface area (Å²) >= 11 is 11.4. The summed E-state index contributed by atoms with van der Waals surface area (Å²) in [5.41, 5.74) is 5.81. The van der Waals surface area contributed by atoms with Gasteiger partial charge in [-0.15, -0.1) is 0 Å². The van der Waals surface area contributed by atoms with Gasteiger partial charge in [-0.25, -0.2) is 4.79 Å². The molecule has 0 radical (unpaired) electrons. The Balaban J connectivity index is 2.43. The van der Waals surface area contributed by atoms with E-state index in [0.717, 1.165) is 0 Å². The fourth-order valence-electron chi connectivity index (χ4n) is 1.49. The number of nitrogens with zero attached hydrogens (tertiary/aromatic N) is 1. The molecule has 94 valence electrons. The van der Waals surface area contributed by atoms with E-state index in [9.17, 15) is 9.59 Å². The maximum absolute atomic E-state index is 11.6. The van der Waals surface area contributed by atoms with Crippen LogP contribution in [0.15, 0.2) is 34.0 Å². The summed E-state index contributed by atoms with van der Waals surface area (Å²) in [7, 11) is 0. The molecule has 1 aromatic carbocycles. The summed E-state index contributed by atoms with van der Waals surface area (Å²) in [5.74, 6) is 0. The number of H-pyrrole nitrogens is 1. The van der Waals surface area contributed by atoms with Crippen molar-refractivity contribution in [2.45, 2.75) is 6.54 Å². The summed E-state index contributed by atoms with van der Waals surface area (Å²) in [5, 5.41) is 0.463. The van der Waals surface area contributed by atoms with Crippen molar-refractivity contribution in [2.75, 3.05) is 5.73 Å². The Labute approximate surface area is 112 Å². The van der Waals surface area contributed by atoms with Crippen LogP contribution in [0.3, 0.4) is 0 Å². The van der Waals surface area contributed by atoms with Crippen LogP contribution in [-0.4, -0.2) is 9.55 Å². The van der Waals surface area contributed by atoms with E-state index in [0.29, 0.717) is 16.3 Å². The topological polar surface area (TPSA) is 80.9 Å². The molecule has 5 nitrogen and oxygen atoms in total. The minimum absolute atomic E-state index is 0.0536. The Morgan fingerprint density at radius 3 is 2.67 bits per heavy atom. The first-order valence-electron chi connectivity index (χ1n) is 5.00. The third-order valence-electron chi connectivity index (χ3n) is 2.42. The quantitative estimate of drug-likeness (QED) is 0.820. The van der Waals surface area contributed by atoms with Gasteiger partial charge in [0.1, 0.15) is 5.02 Å². The van der Waals surface area contributed by atoms with Gasteiger partial charge in [0.15, 0.2) is 0 Å². The fraction of sp³-hybridized carbons (Fsp3) is 0.0909. The Morgan fingerprint density at radius 1 is 1.28 bits per heavy atom. The van der Waals surface area contributed by atoms with Crippen LogP contribution in [0, 0.1) is 0 Å². The van der Waals surface area contributed by atoms with Crippen LogP contribution >= 0.6 is 23.2 Å². The molecule has 2 aromatic rings. The highest BCUT2D eigenvalue weighted by Crippen LogP contribution is 2.18. The van der Waals surface area contributed by atoms with Crippen molar-refractivity contribution < 1.29 is 0 Å². The molecule has 0 fully saturated rings. The molecule has 0 unspecified atom stereocenters. The molecule has 1 heterocycles. The number of rotatable bonds is 2. The van der Waals surface area contributed by atoms with Gasteiger partial charge in [0, 0.05) is 16.9 Å². The van der Waals surface area contributed by atoms with Crippen LogP contribution in [0.1, 0.15) is 5.56 Å². The molecular formula is C11H9Cl2N3O2. The first-order chi connectivity index (χ1) is 8.47. The smallest absolute Gasteiger partial charge is 0.328 e. The van der Waals surface area contributed by atoms with Crippen molar-refractivity contribution in [1.82, 2.24) is 9.55 Å². The molecule has 0 spiro atoms. The summed E-state index contributed by atoms with van der Waals surface area (Å²) in [6.07, 6.45) is 1.27. The molecule has 0 atom stereocenters. The Bertz CT molecular complexity index is 706. The van der Waals surface area contributed by atoms with Crippen molar-refractivity contribution >= 4 is 28.9 Å². The number of aromatic nitrogens is 2. The van der Waals surface area contributed by atoms with E-state index in [4.69, 9.17) is 28.9 Å². The predicted molar refractivity (Wildman–Crippen MR) is 71.3 cm³/mol. The highest BCUT2D eigenvalue weighted by molar-refractivity contribution is 6.31. The zero-order chi connectivity index (χ0) is 13.3. The van der Waals surface area contributed by atoms with Gasteiger partial charge in [-0.3, -0.25) is 14.3 Å². The monoisotopic (exact) mass is 285 g/mol.